The molecule has 0 spiro atoms. The van der Waals surface area contributed by atoms with Crippen molar-refractivity contribution in [2.45, 2.75) is 47.0 Å². The largest absolute Gasteiger partial charge is 0.465 e. The van der Waals surface area contributed by atoms with Gasteiger partial charge in [-0.15, -0.1) is 0 Å². The normalized spacial score (nSPS) is 20.5. The zero-order valence-corrected chi connectivity index (χ0v) is 12.7. The van der Waals surface area contributed by atoms with Crippen LogP contribution >= 0.6 is 0 Å². The van der Waals surface area contributed by atoms with E-state index in [1.165, 1.54) is 19.3 Å². The molecule has 0 radical (unpaired) electrons. The summed E-state index contributed by atoms with van der Waals surface area (Å²) in [6.07, 6.45) is 3.59. The first-order valence-corrected chi connectivity index (χ1v) is 7.34. The molecule has 19 heavy (non-hydrogen) atoms. The summed E-state index contributed by atoms with van der Waals surface area (Å²) in [6.45, 7) is 9.91. The molecule has 1 saturated heterocycles. The van der Waals surface area contributed by atoms with Gasteiger partial charge in [-0.25, -0.2) is 0 Å². The van der Waals surface area contributed by atoms with Gasteiger partial charge in [0.1, 0.15) is 5.41 Å². The number of Topliss-reactive ketones (excluding diaryl/α,β-unsaturated/α-hetero) is 1. The number of ketones is 1. The van der Waals surface area contributed by atoms with E-state index in [1.54, 1.807) is 20.8 Å². The maximum absolute atomic E-state index is 12.3. The average Bonchev–Trinajstić information content (AvgIpc) is 2.77. The molecule has 0 amide bonds. The SMILES string of the molecule is CCCC1CCN(CC(=O)C(C)(C)C(=O)OCC)C1. The quantitative estimate of drug-likeness (QED) is 0.525. The van der Waals surface area contributed by atoms with E-state index >= 15 is 0 Å². The second kappa shape index (κ2) is 7.04. The van der Waals surface area contributed by atoms with Crippen LogP contribution in [0.3, 0.4) is 0 Å². The molecule has 0 N–H and O–H groups in total. The lowest BCUT2D eigenvalue weighted by Gasteiger charge is -2.24. The minimum atomic E-state index is -1.03. The summed E-state index contributed by atoms with van der Waals surface area (Å²) in [7, 11) is 0. The molecule has 0 aromatic rings. The molecule has 110 valence electrons. The summed E-state index contributed by atoms with van der Waals surface area (Å²) in [5.74, 6) is 0.260. The Bertz CT molecular complexity index is 325. The molecule has 0 aromatic carbocycles. The Morgan fingerprint density at radius 2 is 2.00 bits per heavy atom. The zero-order valence-electron chi connectivity index (χ0n) is 12.7. The van der Waals surface area contributed by atoms with E-state index in [1.807, 2.05) is 0 Å². The summed E-state index contributed by atoms with van der Waals surface area (Å²) < 4.78 is 4.97. The van der Waals surface area contributed by atoms with E-state index in [0.717, 1.165) is 13.1 Å². The number of carbonyl (C=O) groups is 2. The van der Waals surface area contributed by atoms with Crippen LogP contribution < -0.4 is 0 Å². The third-order valence-corrected chi connectivity index (χ3v) is 3.92. The van der Waals surface area contributed by atoms with Crippen molar-refractivity contribution < 1.29 is 14.3 Å². The Morgan fingerprint density at radius 3 is 2.58 bits per heavy atom. The predicted molar refractivity (Wildman–Crippen MR) is 74.9 cm³/mol. The second-order valence-corrected chi connectivity index (χ2v) is 5.95. The molecular formula is C15H27NO3. The van der Waals surface area contributed by atoms with Gasteiger partial charge in [-0.05, 0) is 46.1 Å². The summed E-state index contributed by atoms with van der Waals surface area (Å²) >= 11 is 0. The predicted octanol–water partition coefficient (Wildman–Crippen LogP) is 2.27. The number of hydrogen-bond donors (Lipinski definition) is 0. The van der Waals surface area contributed by atoms with Gasteiger partial charge in [0.05, 0.1) is 13.2 Å². The number of hydrogen-bond acceptors (Lipinski definition) is 4. The van der Waals surface area contributed by atoms with Crippen LogP contribution in [0.25, 0.3) is 0 Å². The summed E-state index contributed by atoms with van der Waals surface area (Å²) in [4.78, 5) is 26.2. The topological polar surface area (TPSA) is 46.6 Å². The number of rotatable bonds is 7. The Labute approximate surface area is 116 Å². The molecule has 1 atom stereocenters. The van der Waals surface area contributed by atoms with Crippen molar-refractivity contribution >= 4 is 11.8 Å². The summed E-state index contributed by atoms with van der Waals surface area (Å²) in [6, 6.07) is 0. The van der Waals surface area contributed by atoms with Crippen molar-refractivity contribution in [3.05, 3.63) is 0 Å². The fourth-order valence-corrected chi connectivity index (χ4v) is 2.53. The van der Waals surface area contributed by atoms with Crippen molar-refractivity contribution in [1.29, 1.82) is 0 Å². The molecule has 1 unspecified atom stereocenters. The fraction of sp³-hybridized carbons (Fsp3) is 0.867. The molecule has 0 saturated carbocycles. The van der Waals surface area contributed by atoms with Gasteiger partial charge in [0.25, 0.3) is 0 Å². The van der Waals surface area contributed by atoms with Crippen LogP contribution in [0.2, 0.25) is 0 Å². The number of esters is 1. The van der Waals surface area contributed by atoms with Gasteiger partial charge >= 0.3 is 5.97 Å². The molecule has 1 aliphatic heterocycles. The molecular weight excluding hydrogens is 242 g/mol. The highest BCUT2D eigenvalue weighted by Crippen LogP contribution is 2.24. The highest BCUT2D eigenvalue weighted by Gasteiger charge is 2.38. The van der Waals surface area contributed by atoms with Gasteiger partial charge in [-0.1, -0.05) is 13.3 Å². The van der Waals surface area contributed by atoms with Crippen molar-refractivity contribution in [2.24, 2.45) is 11.3 Å². The Balaban J connectivity index is 2.49. The molecule has 4 nitrogen and oxygen atoms in total. The monoisotopic (exact) mass is 269 g/mol. The molecule has 4 heteroatoms. The molecule has 1 heterocycles. The summed E-state index contributed by atoms with van der Waals surface area (Å²) in [5.41, 5.74) is -1.03. The van der Waals surface area contributed by atoms with Crippen LogP contribution in [0, 0.1) is 11.3 Å². The van der Waals surface area contributed by atoms with Gasteiger partial charge < -0.3 is 4.74 Å². The molecule has 0 aliphatic carbocycles. The van der Waals surface area contributed by atoms with Crippen LogP contribution in [-0.4, -0.2) is 42.9 Å². The lowest BCUT2D eigenvalue weighted by molar-refractivity contribution is -0.158. The van der Waals surface area contributed by atoms with E-state index in [4.69, 9.17) is 4.74 Å². The standard InChI is InChI=1S/C15H27NO3/c1-5-7-12-8-9-16(10-12)11-13(17)15(3,4)14(18)19-6-2/h12H,5-11H2,1-4H3. The zero-order chi connectivity index (χ0) is 14.5. The van der Waals surface area contributed by atoms with E-state index in [0.29, 0.717) is 19.1 Å². The van der Waals surface area contributed by atoms with Crippen LogP contribution in [-0.2, 0) is 14.3 Å². The van der Waals surface area contributed by atoms with Gasteiger partial charge in [-0.3, -0.25) is 14.5 Å². The summed E-state index contributed by atoms with van der Waals surface area (Å²) in [5, 5.41) is 0. The van der Waals surface area contributed by atoms with Gasteiger partial charge in [0, 0.05) is 6.54 Å². The lowest BCUT2D eigenvalue weighted by atomic mass is 9.88. The minimum absolute atomic E-state index is 0.0388. The van der Waals surface area contributed by atoms with Gasteiger partial charge in [-0.2, -0.15) is 0 Å². The molecule has 0 bridgehead atoms. The molecule has 1 rings (SSSR count). The number of likely N-dealkylation sites (tertiary alicyclic amines) is 1. The Hall–Kier alpha value is -0.900. The lowest BCUT2D eigenvalue weighted by Crippen LogP contribution is -2.41. The van der Waals surface area contributed by atoms with Crippen molar-refractivity contribution in [1.82, 2.24) is 4.90 Å². The maximum Gasteiger partial charge on any atom is 0.319 e. The maximum atomic E-state index is 12.3. The third kappa shape index (κ3) is 4.30. The second-order valence-electron chi connectivity index (χ2n) is 5.95. The molecule has 0 aromatic heterocycles. The van der Waals surface area contributed by atoms with E-state index < -0.39 is 11.4 Å². The van der Waals surface area contributed by atoms with Crippen molar-refractivity contribution in [3.63, 3.8) is 0 Å². The van der Waals surface area contributed by atoms with Crippen LogP contribution in [0.1, 0.15) is 47.0 Å². The fourth-order valence-electron chi connectivity index (χ4n) is 2.53. The molecule has 1 aliphatic rings. The van der Waals surface area contributed by atoms with E-state index in [-0.39, 0.29) is 5.78 Å². The number of nitrogens with zero attached hydrogens (tertiary/aromatic N) is 1. The Kier molecular flexibility index (Phi) is 5.98. The van der Waals surface area contributed by atoms with Crippen LogP contribution in [0.5, 0.6) is 0 Å². The van der Waals surface area contributed by atoms with Gasteiger partial charge in [0.2, 0.25) is 0 Å². The van der Waals surface area contributed by atoms with Gasteiger partial charge in [0.15, 0.2) is 5.78 Å². The Morgan fingerprint density at radius 1 is 1.32 bits per heavy atom. The average molecular weight is 269 g/mol. The smallest absolute Gasteiger partial charge is 0.319 e. The first-order chi connectivity index (χ1) is 8.91. The minimum Gasteiger partial charge on any atom is -0.465 e. The molecule has 1 fully saturated rings. The van der Waals surface area contributed by atoms with Crippen molar-refractivity contribution in [3.8, 4) is 0 Å². The van der Waals surface area contributed by atoms with Crippen LogP contribution in [0.15, 0.2) is 0 Å². The highest BCUT2D eigenvalue weighted by atomic mass is 16.5. The first-order valence-electron chi connectivity index (χ1n) is 7.34. The van der Waals surface area contributed by atoms with E-state index in [2.05, 4.69) is 11.8 Å². The first kappa shape index (κ1) is 16.2. The van der Waals surface area contributed by atoms with Crippen LogP contribution in [0.4, 0.5) is 0 Å². The number of ether oxygens (including phenoxy) is 1. The van der Waals surface area contributed by atoms with E-state index in [9.17, 15) is 9.59 Å². The highest BCUT2D eigenvalue weighted by molar-refractivity contribution is 6.03. The number of carbonyl (C=O) groups excluding carboxylic acids is 2. The van der Waals surface area contributed by atoms with Crippen molar-refractivity contribution in [2.75, 3.05) is 26.2 Å². The third-order valence-electron chi connectivity index (χ3n) is 3.92.